The first kappa shape index (κ1) is 19.6. The van der Waals surface area contributed by atoms with Gasteiger partial charge in [-0.2, -0.15) is 13.2 Å². The highest BCUT2D eigenvalue weighted by atomic mass is 35.5. The molecule has 0 unspecified atom stereocenters. The molecule has 2 atom stereocenters. The molecule has 1 aromatic carbocycles. The molecule has 0 amide bonds. The summed E-state index contributed by atoms with van der Waals surface area (Å²) in [5.41, 5.74) is 0.975. The standard InChI is InChI=1S/C15H18F3NO3.ClH/c1-22-11-4-2-10(3-5-11)6-7-19-8-12(14(20)21)13(9-19)15(16,17)18;/h2-5,12-13H,6-9H2,1H3,(H,20,21);1H/t12-,13-;/m1./s1. The van der Waals surface area contributed by atoms with Crippen LogP contribution in [0.3, 0.4) is 0 Å². The van der Waals surface area contributed by atoms with E-state index in [1.807, 2.05) is 12.1 Å². The van der Waals surface area contributed by atoms with Gasteiger partial charge >= 0.3 is 12.1 Å². The van der Waals surface area contributed by atoms with Gasteiger partial charge in [0.2, 0.25) is 0 Å². The Bertz CT molecular complexity index is 522. The van der Waals surface area contributed by atoms with E-state index >= 15 is 0 Å². The van der Waals surface area contributed by atoms with E-state index in [9.17, 15) is 18.0 Å². The normalized spacial score (nSPS) is 21.7. The van der Waals surface area contributed by atoms with Gasteiger partial charge in [-0.25, -0.2) is 0 Å². The average molecular weight is 354 g/mol. The van der Waals surface area contributed by atoms with Crippen molar-refractivity contribution < 1.29 is 27.8 Å². The Morgan fingerprint density at radius 2 is 1.91 bits per heavy atom. The summed E-state index contributed by atoms with van der Waals surface area (Å²) in [6.07, 6.45) is -3.90. The Kier molecular flexibility index (Phi) is 6.70. The quantitative estimate of drug-likeness (QED) is 0.884. The SMILES string of the molecule is COc1ccc(CCN2C[C@@H](C(F)(F)F)[C@H](C(=O)O)C2)cc1.Cl. The second kappa shape index (κ2) is 7.88. The van der Waals surface area contributed by atoms with E-state index in [-0.39, 0.29) is 25.5 Å². The number of hydrogen-bond donors (Lipinski definition) is 1. The molecule has 1 N–H and O–H groups in total. The first-order valence-electron chi connectivity index (χ1n) is 6.96. The molecule has 0 radical (unpaired) electrons. The Morgan fingerprint density at radius 3 is 2.35 bits per heavy atom. The van der Waals surface area contributed by atoms with E-state index in [1.54, 1.807) is 24.1 Å². The maximum absolute atomic E-state index is 12.9. The third kappa shape index (κ3) is 5.00. The summed E-state index contributed by atoms with van der Waals surface area (Å²) in [6, 6.07) is 7.28. The zero-order valence-electron chi connectivity index (χ0n) is 12.5. The molecular formula is C15H19ClF3NO3. The third-order valence-corrected chi connectivity index (χ3v) is 4.01. The number of methoxy groups -OCH3 is 1. The summed E-state index contributed by atoms with van der Waals surface area (Å²) >= 11 is 0. The lowest BCUT2D eigenvalue weighted by molar-refractivity contribution is -0.188. The first-order chi connectivity index (χ1) is 10.3. The van der Waals surface area contributed by atoms with Crippen molar-refractivity contribution in [2.45, 2.75) is 12.6 Å². The van der Waals surface area contributed by atoms with E-state index < -0.39 is 24.0 Å². The zero-order chi connectivity index (χ0) is 16.3. The number of nitrogens with zero attached hydrogens (tertiary/aromatic N) is 1. The van der Waals surface area contributed by atoms with Crippen LogP contribution in [0, 0.1) is 11.8 Å². The lowest BCUT2D eigenvalue weighted by Crippen LogP contribution is -2.33. The molecule has 1 aliphatic rings. The lowest BCUT2D eigenvalue weighted by atomic mass is 9.96. The monoisotopic (exact) mass is 353 g/mol. The third-order valence-electron chi connectivity index (χ3n) is 4.01. The minimum absolute atomic E-state index is 0. The fourth-order valence-electron chi connectivity index (χ4n) is 2.73. The van der Waals surface area contributed by atoms with Gasteiger partial charge in [0.25, 0.3) is 0 Å². The maximum atomic E-state index is 12.9. The van der Waals surface area contributed by atoms with E-state index in [1.165, 1.54) is 0 Å². The van der Waals surface area contributed by atoms with Gasteiger partial charge < -0.3 is 14.7 Å². The summed E-state index contributed by atoms with van der Waals surface area (Å²) < 4.78 is 43.7. The number of hydrogen-bond acceptors (Lipinski definition) is 3. The molecule has 0 aliphatic carbocycles. The highest BCUT2D eigenvalue weighted by Gasteiger charge is 2.52. The number of carbonyl (C=O) groups is 1. The molecule has 1 aliphatic heterocycles. The smallest absolute Gasteiger partial charge is 0.393 e. The molecule has 8 heteroatoms. The molecule has 1 fully saturated rings. The van der Waals surface area contributed by atoms with Crippen LogP contribution in [0.5, 0.6) is 5.75 Å². The van der Waals surface area contributed by atoms with E-state index in [0.717, 1.165) is 5.56 Å². The van der Waals surface area contributed by atoms with Gasteiger partial charge in [0.1, 0.15) is 5.75 Å². The van der Waals surface area contributed by atoms with Gasteiger partial charge in [-0.1, -0.05) is 12.1 Å². The highest BCUT2D eigenvalue weighted by Crippen LogP contribution is 2.37. The van der Waals surface area contributed by atoms with E-state index in [0.29, 0.717) is 18.7 Å². The van der Waals surface area contributed by atoms with Crippen molar-refractivity contribution in [1.82, 2.24) is 4.90 Å². The highest BCUT2D eigenvalue weighted by molar-refractivity contribution is 5.85. The second-order valence-electron chi connectivity index (χ2n) is 5.45. The maximum Gasteiger partial charge on any atom is 0.393 e. The molecule has 0 saturated carbocycles. The number of rotatable bonds is 5. The number of benzene rings is 1. The van der Waals surface area contributed by atoms with Gasteiger partial charge in [0.15, 0.2) is 0 Å². The molecule has 1 heterocycles. The molecule has 1 aromatic rings. The molecular weight excluding hydrogens is 335 g/mol. The Hall–Kier alpha value is -1.47. The second-order valence-corrected chi connectivity index (χ2v) is 5.45. The molecule has 2 rings (SSSR count). The summed E-state index contributed by atoms with van der Waals surface area (Å²) in [4.78, 5) is 12.6. The first-order valence-corrected chi connectivity index (χ1v) is 6.96. The van der Waals surface area contributed by atoms with Crippen molar-refractivity contribution in [1.29, 1.82) is 0 Å². The molecule has 23 heavy (non-hydrogen) atoms. The van der Waals surface area contributed by atoms with Crippen LogP contribution < -0.4 is 4.74 Å². The van der Waals surface area contributed by atoms with Gasteiger partial charge in [0, 0.05) is 19.6 Å². The molecule has 0 spiro atoms. The number of likely N-dealkylation sites (tertiary alicyclic amines) is 1. The Balaban J connectivity index is 0.00000264. The predicted octanol–water partition coefficient (Wildman–Crippen LogP) is 2.85. The van der Waals surface area contributed by atoms with Crippen molar-refractivity contribution >= 4 is 18.4 Å². The van der Waals surface area contributed by atoms with E-state index in [2.05, 4.69) is 0 Å². The van der Waals surface area contributed by atoms with Crippen LogP contribution in [0.15, 0.2) is 24.3 Å². The number of halogens is 4. The van der Waals surface area contributed by atoms with Crippen molar-refractivity contribution in [3.8, 4) is 5.75 Å². The Morgan fingerprint density at radius 1 is 1.30 bits per heavy atom. The zero-order valence-corrected chi connectivity index (χ0v) is 13.4. The summed E-state index contributed by atoms with van der Waals surface area (Å²) in [7, 11) is 1.56. The number of ether oxygens (including phenoxy) is 1. The average Bonchev–Trinajstić information content (AvgIpc) is 2.90. The number of aliphatic carboxylic acids is 1. The van der Waals surface area contributed by atoms with Crippen LogP contribution >= 0.6 is 12.4 Å². The molecule has 130 valence electrons. The van der Waals surface area contributed by atoms with Crippen molar-refractivity contribution in [3.05, 3.63) is 29.8 Å². The molecule has 4 nitrogen and oxygen atoms in total. The lowest BCUT2D eigenvalue weighted by Gasteiger charge is -2.18. The topological polar surface area (TPSA) is 49.8 Å². The van der Waals surface area contributed by atoms with Crippen molar-refractivity contribution in [3.63, 3.8) is 0 Å². The fraction of sp³-hybridized carbons (Fsp3) is 0.533. The summed E-state index contributed by atoms with van der Waals surface area (Å²) in [5, 5.41) is 8.97. The van der Waals surface area contributed by atoms with Crippen molar-refractivity contribution in [2.24, 2.45) is 11.8 Å². The van der Waals surface area contributed by atoms with Crippen molar-refractivity contribution in [2.75, 3.05) is 26.7 Å². The summed E-state index contributed by atoms with van der Waals surface area (Å²) in [6.45, 7) is 0.0922. The minimum atomic E-state index is -4.47. The molecule has 0 aromatic heterocycles. The Labute approximate surface area is 138 Å². The minimum Gasteiger partial charge on any atom is -0.497 e. The van der Waals surface area contributed by atoms with Gasteiger partial charge in [-0.3, -0.25) is 4.79 Å². The van der Waals surface area contributed by atoms with Crippen LogP contribution in [0.25, 0.3) is 0 Å². The van der Waals surface area contributed by atoms with Crippen LogP contribution in [-0.2, 0) is 11.2 Å². The van der Waals surface area contributed by atoms with E-state index in [4.69, 9.17) is 9.84 Å². The van der Waals surface area contributed by atoms with Crippen LogP contribution in [-0.4, -0.2) is 48.9 Å². The van der Waals surface area contributed by atoms with Gasteiger partial charge in [0.05, 0.1) is 18.9 Å². The predicted molar refractivity (Wildman–Crippen MR) is 81.1 cm³/mol. The summed E-state index contributed by atoms with van der Waals surface area (Å²) in [5.74, 6) is -3.83. The van der Waals surface area contributed by atoms with Crippen LogP contribution in [0.2, 0.25) is 0 Å². The number of alkyl halides is 3. The van der Waals surface area contributed by atoms with Gasteiger partial charge in [-0.05, 0) is 24.1 Å². The van der Waals surface area contributed by atoms with Crippen LogP contribution in [0.1, 0.15) is 5.56 Å². The van der Waals surface area contributed by atoms with Crippen LogP contribution in [0.4, 0.5) is 13.2 Å². The number of carboxylic acids is 1. The molecule has 1 saturated heterocycles. The largest absolute Gasteiger partial charge is 0.497 e. The van der Waals surface area contributed by atoms with Gasteiger partial charge in [-0.15, -0.1) is 12.4 Å². The number of carboxylic acid groups (broad SMARTS) is 1. The molecule has 0 bridgehead atoms. The fourth-order valence-corrected chi connectivity index (χ4v) is 2.73.